The molecule has 0 aliphatic carbocycles. The van der Waals surface area contributed by atoms with Crippen molar-refractivity contribution >= 4 is 43.7 Å². The minimum atomic E-state index is -3.99. The van der Waals surface area contributed by atoms with E-state index in [1.54, 1.807) is 26.8 Å². The second kappa shape index (κ2) is 7.31. The summed E-state index contributed by atoms with van der Waals surface area (Å²) >= 11 is 0. The van der Waals surface area contributed by atoms with Gasteiger partial charge in [-0.2, -0.15) is 0 Å². The molecule has 0 radical (unpaired) electrons. The fourth-order valence-corrected chi connectivity index (χ4v) is 4.37. The predicted octanol–water partition coefficient (Wildman–Crippen LogP) is 3.55. The smallest absolute Gasteiger partial charge is 0.419 e. The summed E-state index contributed by atoms with van der Waals surface area (Å²) in [4.78, 5) is 24.0. The Bertz CT molecular complexity index is 1490. The van der Waals surface area contributed by atoms with Gasteiger partial charge in [0.25, 0.3) is 10.0 Å². The average Bonchev–Trinajstić information content (AvgIpc) is 3.15. The quantitative estimate of drug-likeness (QED) is 0.467. The van der Waals surface area contributed by atoms with E-state index >= 15 is 0 Å². The molecule has 1 N–H and O–H groups in total. The molecular weight excluding hydrogens is 424 g/mol. The van der Waals surface area contributed by atoms with Crippen molar-refractivity contribution in [2.75, 3.05) is 4.72 Å². The number of oxazole rings is 1. The van der Waals surface area contributed by atoms with Crippen molar-refractivity contribution in [2.45, 2.75) is 31.8 Å². The Kier molecular flexibility index (Phi) is 4.89. The van der Waals surface area contributed by atoms with Crippen molar-refractivity contribution in [3.8, 4) is 0 Å². The Morgan fingerprint density at radius 1 is 1.10 bits per heavy atom. The Hall–Kier alpha value is -3.53. The van der Waals surface area contributed by atoms with E-state index in [1.807, 2.05) is 0 Å². The van der Waals surface area contributed by atoms with Gasteiger partial charge in [0.2, 0.25) is 0 Å². The maximum Gasteiger partial charge on any atom is 0.419 e. The third kappa shape index (κ3) is 3.70. The summed E-state index contributed by atoms with van der Waals surface area (Å²) in [5.41, 5.74) is 1.56. The van der Waals surface area contributed by atoms with Crippen molar-refractivity contribution in [3.05, 3.63) is 58.3 Å². The monoisotopic (exact) mass is 444 g/mol. The number of benzene rings is 2. The van der Waals surface area contributed by atoms with Crippen molar-refractivity contribution in [3.63, 3.8) is 0 Å². The molecule has 0 spiro atoms. The molecule has 10 heteroatoms. The number of aromatic nitrogens is 1. The molecule has 0 aliphatic heterocycles. The fourth-order valence-electron chi connectivity index (χ4n) is 3.31. The molecule has 2 heterocycles. The maximum atomic E-state index is 12.9. The van der Waals surface area contributed by atoms with E-state index in [4.69, 9.17) is 13.6 Å². The van der Waals surface area contributed by atoms with Crippen molar-refractivity contribution in [1.29, 1.82) is 0 Å². The Morgan fingerprint density at radius 2 is 1.84 bits per heavy atom. The molecule has 31 heavy (non-hydrogen) atoms. The number of carbonyl (C=O) groups is 1. The van der Waals surface area contributed by atoms with Gasteiger partial charge in [-0.1, -0.05) is 0 Å². The normalized spacial score (nSPS) is 12.0. The number of esters is 1. The zero-order chi connectivity index (χ0) is 22.5. The van der Waals surface area contributed by atoms with Crippen LogP contribution < -0.4 is 10.5 Å². The first-order valence-electron chi connectivity index (χ1n) is 9.43. The van der Waals surface area contributed by atoms with Gasteiger partial charge in [0.1, 0.15) is 16.9 Å². The topological polar surface area (TPSA) is 121 Å². The molecule has 0 saturated heterocycles. The summed E-state index contributed by atoms with van der Waals surface area (Å²) in [5, 5.41) is 0.438. The summed E-state index contributed by atoms with van der Waals surface area (Å²) in [6.45, 7) is 5.12. The Balaban J connectivity index is 1.72. The van der Waals surface area contributed by atoms with Crippen LogP contribution in [0.1, 0.15) is 30.0 Å². The van der Waals surface area contributed by atoms with Crippen LogP contribution in [0.3, 0.4) is 0 Å². The molecule has 9 nitrogen and oxygen atoms in total. The lowest BCUT2D eigenvalue weighted by Gasteiger charge is -2.09. The second-order valence-electron chi connectivity index (χ2n) is 7.36. The van der Waals surface area contributed by atoms with Crippen LogP contribution in [0.2, 0.25) is 0 Å². The number of nitrogens with zero attached hydrogens (tertiary/aromatic N) is 1. The van der Waals surface area contributed by atoms with Gasteiger partial charge >= 0.3 is 11.7 Å². The molecule has 0 fully saturated rings. The number of hydrogen-bond donors (Lipinski definition) is 1. The number of ether oxygens (including phenoxy) is 1. The van der Waals surface area contributed by atoms with Gasteiger partial charge in [-0.3, -0.25) is 9.29 Å². The van der Waals surface area contributed by atoms with Crippen LogP contribution in [0.25, 0.3) is 22.1 Å². The highest BCUT2D eigenvalue weighted by molar-refractivity contribution is 7.92. The van der Waals surface area contributed by atoms with Crippen LogP contribution in [-0.4, -0.2) is 25.1 Å². The zero-order valence-electron chi connectivity index (χ0n) is 17.3. The summed E-state index contributed by atoms with van der Waals surface area (Å²) in [7, 11) is -2.46. The summed E-state index contributed by atoms with van der Waals surface area (Å²) in [5.74, 6) is -0.750. The Labute approximate surface area is 177 Å². The van der Waals surface area contributed by atoms with Crippen LogP contribution in [0.5, 0.6) is 0 Å². The summed E-state index contributed by atoms with van der Waals surface area (Å²) in [6, 6.07) is 8.78. The van der Waals surface area contributed by atoms with E-state index in [0.717, 1.165) is 0 Å². The lowest BCUT2D eigenvalue weighted by Crippen LogP contribution is -2.13. The molecule has 162 valence electrons. The average molecular weight is 444 g/mol. The predicted molar refractivity (Wildman–Crippen MR) is 114 cm³/mol. The highest BCUT2D eigenvalue weighted by atomic mass is 32.2. The molecule has 0 unspecified atom stereocenters. The second-order valence-corrected chi connectivity index (χ2v) is 9.04. The molecule has 2 aromatic carbocycles. The number of nitrogens with one attached hydrogen (secondary N) is 1. The third-order valence-electron chi connectivity index (χ3n) is 4.74. The first kappa shape index (κ1) is 20.7. The number of anilines is 1. The molecule has 0 aliphatic rings. The minimum Gasteiger partial charge on any atom is -0.460 e. The van der Waals surface area contributed by atoms with Gasteiger partial charge in [0.05, 0.1) is 16.5 Å². The number of fused-ring (bicyclic) bond motifs is 2. The maximum absolute atomic E-state index is 12.9. The van der Waals surface area contributed by atoms with Gasteiger partial charge in [0, 0.05) is 24.2 Å². The van der Waals surface area contributed by atoms with E-state index in [0.29, 0.717) is 22.2 Å². The molecule has 4 rings (SSSR count). The SMILES string of the molecule is Cc1oc2ccc(NS(=O)(=O)c3ccc4c(c3)oc(=O)n4C)cc2c1C(=O)OC(C)C. The number of hydrogen-bond acceptors (Lipinski definition) is 7. The van der Waals surface area contributed by atoms with Crippen LogP contribution in [0, 0.1) is 6.92 Å². The first-order valence-corrected chi connectivity index (χ1v) is 10.9. The van der Waals surface area contributed by atoms with Crippen molar-refractivity contribution in [1.82, 2.24) is 4.57 Å². The van der Waals surface area contributed by atoms with E-state index in [9.17, 15) is 18.0 Å². The largest absolute Gasteiger partial charge is 0.460 e. The number of sulfonamides is 1. The van der Waals surface area contributed by atoms with E-state index < -0.39 is 21.7 Å². The standard InChI is InChI=1S/C21H20N2O7S/c1-11(2)28-20(24)19-12(3)29-17-8-5-13(9-15(17)19)22-31(26,27)14-6-7-16-18(10-14)30-21(25)23(16)4/h5-11,22H,1-4H3. The highest BCUT2D eigenvalue weighted by Crippen LogP contribution is 2.30. The zero-order valence-corrected chi connectivity index (χ0v) is 18.1. The minimum absolute atomic E-state index is 0.0720. The van der Waals surface area contributed by atoms with E-state index in [1.165, 1.54) is 41.9 Å². The lowest BCUT2D eigenvalue weighted by molar-refractivity contribution is 0.0378. The van der Waals surface area contributed by atoms with Crippen LogP contribution >= 0.6 is 0 Å². The van der Waals surface area contributed by atoms with Crippen LogP contribution in [-0.2, 0) is 21.8 Å². The third-order valence-corrected chi connectivity index (χ3v) is 6.12. The molecule has 0 atom stereocenters. The summed E-state index contributed by atoms with van der Waals surface area (Å²) < 4.78 is 45.5. The first-order chi connectivity index (χ1) is 14.6. The molecule has 4 aromatic rings. The lowest BCUT2D eigenvalue weighted by atomic mass is 10.1. The van der Waals surface area contributed by atoms with Gasteiger partial charge in [0.15, 0.2) is 5.58 Å². The summed E-state index contributed by atoms with van der Waals surface area (Å²) in [6.07, 6.45) is -0.313. The van der Waals surface area contributed by atoms with Gasteiger partial charge in [-0.25, -0.2) is 18.0 Å². The Morgan fingerprint density at radius 3 is 2.55 bits per heavy atom. The highest BCUT2D eigenvalue weighted by Gasteiger charge is 2.22. The van der Waals surface area contributed by atoms with Gasteiger partial charge in [-0.05, 0) is 51.1 Å². The number of aryl methyl sites for hydroxylation is 2. The van der Waals surface area contributed by atoms with E-state index in [2.05, 4.69) is 4.72 Å². The van der Waals surface area contributed by atoms with Crippen LogP contribution in [0.15, 0.2) is 54.9 Å². The molecular formula is C21H20N2O7S. The number of carbonyl (C=O) groups excluding carboxylic acids is 1. The number of furan rings is 1. The van der Waals surface area contributed by atoms with Gasteiger partial charge < -0.3 is 13.6 Å². The fraction of sp³-hybridized carbons (Fsp3) is 0.238. The molecule has 2 aromatic heterocycles. The molecule has 0 bridgehead atoms. The van der Waals surface area contributed by atoms with Crippen LogP contribution in [0.4, 0.5) is 5.69 Å². The van der Waals surface area contributed by atoms with Crippen molar-refractivity contribution in [2.24, 2.45) is 7.05 Å². The molecule has 0 amide bonds. The van der Waals surface area contributed by atoms with Gasteiger partial charge in [-0.15, -0.1) is 0 Å². The van der Waals surface area contributed by atoms with E-state index in [-0.39, 0.29) is 27.8 Å². The van der Waals surface area contributed by atoms with Crippen molar-refractivity contribution < 1.29 is 26.8 Å². The molecule has 0 saturated carbocycles. The number of rotatable bonds is 5.